The first-order chi connectivity index (χ1) is 14.8. The first-order valence-electron chi connectivity index (χ1n) is 9.77. The number of aryl methyl sites for hydroxylation is 2. The number of fused-ring (bicyclic) bond motifs is 1. The molecule has 0 saturated heterocycles. The number of ether oxygens (including phenoxy) is 1. The maximum Gasteiger partial charge on any atom is 0.294 e. The maximum absolute atomic E-state index is 12.4. The molecule has 0 aliphatic heterocycles. The van der Waals surface area contributed by atoms with E-state index in [4.69, 9.17) is 15.0 Å². The quantitative estimate of drug-likeness (QED) is 0.502. The second kappa shape index (κ2) is 11.5. The van der Waals surface area contributed by atoms with Gasteiger partial charge in [0.1, 0.15) is 23.4 Å². The molecule has 0 saturated carbocycles. The second-order valence-corrected chi connectivity index (χ2v) is 8.27. The van der Waals surface area contributed by atoms with Crippen molar-refractivity contribution >= 4 is 21.2 Å². The fraction of sp³-hybridized carbons (Fsp3) is 0.333. The van der Waals surface area contributed by atoms with Crippen molar-refractivity contribution in [1.29, 1.82) is 0 Å². The van der Waals surface area contributed by atoms with Crippen molar-refractivity contribution in [3.05, 3.63) is 59.9 Å². The van der Waals surface area contributed by atoms with E-state index in [0.29, 0.717) is 17.7 Å². The highest BCUT2D eigenvalue weighted by Crippen LogP contribution is 2.18. The smallest absolute Gasteiger partial charge is 0.294 e. The Morgan fingerprint density at radius 2 is 1.87 bits per heavy atom. The minimum absolute atomic E-state index is 0.0666. The number of hydrogen-bond acceptors (Lipinski definition) is 6. The van der Waals surface area contributed by atoms with Crippen LogP contribution in [-0.2, 0) is 16.7 Å². The summed E-state index contributed by atoms with van der Waals surface area (Å²) < 4.78 is 47.4. The van der Waals surface area contributed by atoms with Gasteiger partial charge in [0.05, 0.1) is 17.8 Å². The molecule has 10 heteroatoms. The molecule has 0 amide bonds. The average molecular weight is 451 g/mol. The molecule has 0 atom stereocenters. The zero-order chi connectivity index (χ0) is 22.9. The average Bonchev–Trinajstić information content (AvgIpc) is 3.15. The molecule has 3 aromatic rings. The van der Waals surface area contributed by atoms with Crippen molar-refractivity contribution < 1.29 is 22.1 Å². The molecule has 1 aromatic heterocycles. The monoisotopic (exact) mass is 450 g/mol. The summed E-state index contributed by atoms with van der Waals surface area (Å²) in [7, 11) is -4.02. The van der Waals surface area contributed by atoms with E-state index >= 15 is 0 Å². The molecule has 0 unspecified atom stereocenters. The van der Waals surface area contributed by atoms with Gasteiger partial charge in [-0.3, -0.25) is 4.55 Å². The molecular formula is C21H27FN4O4S. The number of nitrogens with two attached hydrogens (primary N) is 1. The van der Waals surface area contributed by atoms with Gasteiger partial charge in [0.25, 0.3) is 10.1 Å². The lowest BCUT2D eigenvalue weighted by molar-refractivity contribution is 0.348. The van der Waals surface area contributed by atoms with E-state index in [1.54, 1.807) is 29.1 Å². The number of rotatable bonds is 8. The molecule has 168 valence electrons. The summed E-state index contributed by atoms with van der Waals surface area (Å²) in [5.74, 6) is 0.632. The van der Waals surface area contributed by atoms with E-state index < -0.39 is 10.1 Å². The van der Waals surface area contributed by atoms with Gasteiger partial charge in [0.15, 0.2) is 0 Å². The minimum Gasteiger partial charge on any atom is -0.489 e. The zero-order valence-corrected chi connectivity index (χ0v) is 18.3. The van der Waals surface area contributed by atoms with Gasteiger partial charge < -0.3 is 10.5 Å². The Hall–Kier alpha value is -2.82. The summed E-state index contributed by atoms with van der Waals surface area (Å²) in [6.07, 6.45) is 2.63. The molecule has 0 fully saturated rings. The number of aromatic nitrogens is 3. The number of nitrogens with zero attached hydrogens (tertiary/aromatic N) is 3. The highest BCUT2D eigenvalue weighted by atomic mass is 32.2. The summed E-state index contributed by atoms with van der Waals surface area (Å²) in [4.78, 5) is 1.63. The summed E-state index contributed by atoms with van der Waals surface area (Å²) in [6.45, 7) is 5.06. The van der Waals surface area contributed by atoms with E-state index in [0.717, 1.165) is 36.0 Å². The van der Waals surface area contributed by atoms with E-state index in [2.05, 4.69) is 17.1 Å². The van der Waals surface area contributed by atoms with Crippen LogP contribution < -0.4 is 10.5 Å². The fourth-order valence-corrected chi connectivity index (χ4v) is 2.93. The second-order valence-electron chi connectivity index (χ2n) is 6.85. The van der Waals surface area contributed by atoms with Crippen molar-refractivity contribution in [2.75, 3.05) is 13.2 Å². The molecule has 0 radical (unpaired) electrons. The number of halogens is 1. The molecule has 1 heterocycles. The Kier molecular flexibility index (Phi) is 9.10. The van der Waals surface area contributed by atoms with E-state index in [-0.39, 0.29) is 18.0 Å². The first kappa shape index (κ1) is 24.4. The minimum atomic E-state index is -4.02. The first-order valence-corrected chi connectivity index (χ1v) is 11.2. The fourth-order valence-electron chi connectivity index (χ4n) is 2.45. The molecular weight excluding hydrogens is 423 g/mol. The van der Waals surface area contributed by atoms with Crippen molar-refractivity contribution in [3.8, 4) is 5.75 Å². The summed E-state index contributed by atoms with van der Waals surface area (Å²) >= 11 is 0. The number of hydrogen-bond donors (Lipinski definition) is 2. The summed E-state index contributed by atoms with van der Waals surface area (Å²) in [5, 5.41) is 8.77. The van der Waals surface area contributed by atoms with Gasteiger partial charge in [-0.1, -0.05) is 31.0 Å². The third-order valence-electron chi connectivity index (χ3n) is 4.26. The van der Waals surface area contributed by atoms with Crippen LogP contribution in [0.3, 0.4) is 0 Å². The van der Waals surface area contributed by atoms with Crippen LogP contribution in [0.1, 0.15) is 25.3 Å². The maximum atomic E-state index is 12.4. The third-order valence-corrected chi connectivity index (χ3v) is 5.13. The van der Waals surface area contributed by atoms with E-state index in [1.165, 1.54) is 12.1 Å². The Bertz CT molecular complexity index is 1110. The van der Waals surface area contributed by atoms with Crippen molar-refractivity contribution in [2.24, 2.45) is 5.73 Å². The van der Waals surface area contributed by atoms with Crippen molar-refractivity contribution in [3.63, 3.8) is 0 Å². The predicted octanol–water partition coefficient (Wildman–Crippen LogP) is 3.66. The lowest BCUT2D eigenvalue weighted by Crippen LogP contribution is -2.10. The van der Waals surface area contributed by atoms with Crippen LogP contribution in [0.25, 0.3) is 11.0 Å². The summed E-state index contributed by atoms with van der Waals surface area (Å²) in [6, 6.07) is 11.4. The van der Waals surface area contributed by atoms with Crippen LogP contribution in [0.15, 0.2) is 59.3 Å². The lowest BCUT2D eigenvalue weighted by atomic mass is 10.2. The normalized spacial score (nSPS) is 11.8. The number of unbranched alkanes of at least 4 members (excludes halogenated alkanes) is 1. The van der Waals surface area contributed by atoms with Crippen LogP contribution in [0.2, 0.25) is 0 Å². The molecule has 0 bridgehead atoms. The topological polar surface area (TPSA) is 120 Å². The van der Waals surface area contributed by atoms with Gasteiger partial charge in [-0.15, -0.1) is 0 Å². The molecule has 31 heavy (non-hydrogen) atoms. The van der Waals surface area contributed by atoms with Gasteiger partial charge in [-0.05, 0) is 37.6 Å². The third kappa shape index (κ3) is 7.74. The van der Waals surface area contributed by atoms with Crippen LogP contribution in [0.4, 0.5) is 4.39 Å². The predicted molar refractivity (Wildman–Crippen MR) is 117 cm³/mol. The van der Waals surface area contributed by atoms with Crippen LogP contribution in [0.5, 0.6) is 5.75 Å². The molecule has 2 aromatic carbocycles. The molecule has 0 aliphatic carbocycles. The van der Waals surface area contributed by atoms with Gasteiger partial charge >= 0.3 is 0 Å². The van der Waals surface area contributed by atoms with Gasteiger partial charge in [0, 0.05) is 18.2 Å². The summed E-state index contributed by atoms with van der Waals surface area (Å²) in [5.41, 5.74) is 8.35. The van der Waals surface area contributed by atoms with E-state index in [9.17, 15) is 12.8 Å². The van der Waals surface area contributed by atoms with E-state index in [1.807, 2.05) is 13.0 Å². The number of benzene rings is 2. The molecule has 3 N–H and O–H groups in total. The lowest BCUT2D eigenvalue weighted by Gasteiger charge is -2.06. The van der Waals surface area contributed by atoms with Crippen molar-refractivity contribution in [1.82, 2.24) is 15.0 Å². The Morgan fingerprint density at radius 1 is 1.19 bits per heavy atom. The molecule has 3 rings (SSSR count). The highest BCUT2D eigenvalue weighted by Gasteiger charge is 2.07. The zero-order valence-electron chi connectivity index (χ0n) is 17.5. The van der Waals surface area contributed by atoms with Gasteiger partial charge in [-0.25, -0.2) is 4.39 Å². The molecule has 8 nitrogen and oxygen atoms in total. The van der Waals surface area contributed by atoms with Crippen LogP contribution in [-0.4, -0.2) is 41.1 Å². The van der Waals surface area contributed by atoms with Gasteiger partial charge in [-0.2, -0.15) is 23.4 Å². The Morgan fingerprint density at radius 3 is 2.45 bits per heavy atom. The Labute approximate surface area is 181 Å². The van der Waals surface area contributed by atoms with Crippen LogP contribution in [0, 0.1) is 6.92 Å². The molecule has 0 aliphatic rings. The molecule has 0 spiro atoms. The van der Waals surface area contributed by atoms with Crippen LogP contribution >= 0.6 is 0 Å². The SMILES string of the molecule is CCCCn1nc2ccc(OC/C(=C/F)CN)cc2n1.Cc1ccc(S(=O)(=O)O)cc1. The van der Waals surface area contributed by atoms with Crippen molar-refractivity contribution in [2.45, 2.75) is 38.1 Å². The Balaban J connectivity index is 0.000000262. The van der Waals surface area contributed by atoms with Gasteiger partial charge in [0.2, 0.25) is 0 Å². The largest absolute Gasteiger partial charge is 0.489 e. The highest BCUT2D eigenvalue weighted by molar-refractivity contribution is 7.85. The standard InChI is InChI=1S/C14H19FN4O.C7H8O3S/c1-2-3-6-19-17-13-5-4-12(7-14(13)18-19)20-10-11(8-15)9-16;1-6-2-4-7(5-3-6)11(8,9)10/h4-5,7-8H,2-3,6,9-10,16H2,1H3;2-5H,1H3,(H,8,9,10)/b11-8+;.